The Hall–Kier alpha value is -4.68. The summed E-state index contributed by atoms with van der Waals surface area (Å²) in [4.78, 5) is 15.2. The first-order valence-corrected chi connectivity index (χ1v) is 12.6. The third-order valence-corrected chi connectivity index (χ3v) is 6.92. The van der Waals surface area contributed by atoms with Crippen LogP contribution in [0.2, 0.25) is 0 Å². The summed E-state index contributed by atoms with van der Waals surface area (Å²) in [7, 11) is -3.54. The van der Waals surface area contributed by atoms with Gasteiger partial charge in [0.2, 0.25) is 5.88 Å². The maximum Gasteiger partial charge on any atom is 0.272 e. The van der Waals surface area contributed by atoms with Crippen LogP contribution >= 0.6 is 0 Å². The van der Waals surface area contributed by atoms with E-state index < -0.39 is 61.0 Å². The number of hydrogen-bond donors (Lipinski definition) is 4. The van der Waals surface area contributed by atoms with Gasteiger partial charge in [0, 0.05) is 35.7 Å². The van der Waals surface area contributed by atoms with Crippen molar-refractivity contribution in [1.29, 1.82) is 5.26 Å². The molecule has 0 saturated carbocycles. The zero-order valence-corrected chi connectivity index (χ0v) is 20.9. The van der Waals surface area contributed by atoms with Crippen molar-refractivity contribution in [3.63, 3.8) is 0 Å². The fraction of sp³-hybridized carbons (Fsp3) is 0.167. The zero-order valence-electron chi connectivity index (χ0n) is 20.0. The Morgan fingerprint density at radius 3 is 2.67 bits per heavy atom. The number of aliphatic hydroxyl groups excluding tert-OH is 1. The third kappa shape index (κ3) is 5.19. The molecule has 4 N–H and O–H groups in total. The maximum atomic E-state index is 15.7. The molecule has 0 atom stereocenters. The summed E-state index contributed by atoms with van der Waals surface area (Å²) >= 11 is 0. The molecule has 1 amide bonds. The Morgan fingerprint density at radius 2 is 1.97 bits per heavy atom. The largest absolute Gasteiger partial charge is 0.480 e. The lowest BCUT2D eigenvalue weighted by atomic mass is 9.97. The molecule has 2 aromatic heterocycles. The topological polar surface area (TPSA) is 170 Å². The summed E-state index contributed by atoms with van der Waals surface area (Å²) in [5.74, 6) is -4.43. The highest BCUT2D eigenvalue weighted by Crippen LogP contribution is 2.36. The number of halogens is 3. The molecule has 11 nitrogen and oxygen atoms in total. The predicted molar refractivity (Wildman–Crippen MR) is 132 cm³/mol. The van der Waals surface area contributed by atoms with E-state index in [1.54, 1.807) is 6.07 Å². The fourth-order valence-electron chi connectivity index (χ4n) is 3.75. The number of nitrogens with one attached hydrogen (secondary N) is 3. The average Bonchev–Trinajstić information content (AvgIpc) is 3.35. The van der Waals surface area contributed by atoms with Crippen LogP contribution in [0.4, 0.5) is 18.9 Å². The normalized spacial score (nSPS) is 11.3. The summed E-state index contributed by atoms with van der Waals surface area (Å²) in [6, 6.07) is 6.80. The molecule has 0 saturated heterocycles. The number of hydrogen-bond acceptors (Lipinski definition) is 8. The van der Waals surface area contributed by atoms with Crippen LogP contribution in [0.1, 0.15) is 22.5 Å². The third-order valence-electron chi connectivity index (χ3n) is 5.56. The molecule has 39 heavy (non-hydrogen) atoms. The van der Waals surface area contributed by atoms with Gasteiger partial charge in [-0.05, 0) is 24.6 Å². The number of nitriles is 1. The van der Waals surface area contributed by atoms with Crippen molar-refractivity contribution in [2.45, 2.75) is 11.3 Å². The Morgan fingerprint density at radius 1 is 1.21 bits per heavy atom. The van der Waals surface area contributed by atoms with E-state index in [9.17, 15) is 22.9 Å². The quantitative estimate of drug-likeness (QED) is 0.227. The molecule has 0 radical (unpaired) electrons. The van der Waals surface area contributed by atoms with Gasteiger partial charge >= 0.3 is 0 Å². The van der Waals surface area contributed by atoms with E-state index in [4.69, 9.17) is 9.84 Å². The minimum Gasteiger partial charge on any atom is -0.480 e. The molecule has 0 aliphatic carbocycles. The van der Waals surface area contributed by atoms with E-state index in [2.05, 4.69) is 20.5 Å². The van der Waals surface area contributed by atoms with Crippen molar-refractivity contribution in [2.24, 2.45) is 0 Å². The number of benzene rings is 2. The minimum absolute atomic E-state index is 0.0687. The highest BCUT2D eigenvalue weighted by Gasteiger charge is 2.27. The number of carbonyl (C=O) groups excluding carboxylic acids is 1. The van der Waals surface area contributed by atoms with E-state index >= 15 is 8.78 Å². The van der Waals surface area contributed by atoms with Gasteiger partial charge in [-0.1, -0.05) is 6.07 Å². The van der Waals surface area contributed by atoms with Gasteiger partial charge in [-0.15, -0.1) is 0 Å². The predicted octanol–water partition coefficient (Wildman–Crippen LogP) is 2.84. The van der Waals surface area contributed by atoms with Crippen molar-refractivity contribution >= 4 is 32.5 Å². The number of aromatic amines is 1. The Bertz CT molecular complexity index is 1740. The van der Waals surface area contributed by atoms with E-state index in [0.29, 0.717) is 12.5 Å². The molecule has 0 unspecified atom stereocenters. The van der Waals surface area contributed by atoms with Crippen LogP contribution in [0.25, 0.3) is 22.0 Å². The zero-order chi connectivity index (χ0) is 28.3. The summed E-state index contributed by atoms with van der Waals surface area (Å²) in [6.45, 7) is 0.00944. The van der Waals surface area contributed by atoms with Crippen LogP contribution in [0.5, 0.6) is 5.88 Å². The van der Waals surface area contributed by atoms with Crippen molar-refractivity contribution < 1.29 is 36.2 Å². The summed E-state index contributed by atoms with van der Waals surface area (Å²) in [5, 5.41) is 27.2. The van der Waals surface area contributed by atoms with Crippen LogP contribution in [0.15, 0.2) is 41.4 Å². The van der Waals surface area contributed by atoms with E-state index in [-0.39, 0.29) is 35.3 Å². The van der Waals surface area contributed by atoms with Gasteiger partial charge in [-0.25, -0.2) is 26.6 Å². The van der Waals surface area contributed by atoms with Gasteiger partial charge < -0.3 is 15.2 Å². The number of sulfonamides is 1. The lowest BCUT2D eigenvalue weighted by Gasteiger charge is -2.15. The van der Waals surface area contributed by atoms with Crippen molar-refractivity contribution in [1.82, 2.24) is 20.5 Å². The number of aromatic nitrogens is 3. The number of methoxy groups -OCH3 is 1. The Balaban J connectivity index is 1.79. The molecular formula is C24H19F3N6O5S. The molecule has 4 aromatic rings. The standard InChI is InChI=1S/C24H19F3N6O5S/c1-38-24-17(9-13(25)11-30-24)39(36,37)33-16-6-3-12(10-28)18(20(16)27)14-4-5-15-21(19(14)26)31-32-22(15)23(35)29-7-2-8-34/h3-6,9,11,33-34H,2,7-8H2,1H3,(H,29,35)(H,31,32). The summed E-state index contributed by atoms with van der Waals surface area (Å²) in [6.07, 6.45) is 1.03. The SMILES string of the molecule is COc1ncc(F)cc1S(=O)(=O)Nc1ccc(C#N)c(-c2ccc3c(C(=O)NCCCO)n[nH]c3c2F)c1F. The van der Waals surface area contributed by atoms with Crippen LogP contribution in [-0.4, -0.2) is 54.9 Å². The van der Waals surface area contributed by atoms with E-state index in [0.717, 1.165) is 31.5 Å². The van der Waals surface area contributed by atoms with Gasteiger partial charge in [0.1, 0.15) is 11.3 Å². The van der Waals surface area contributed by atoms with E-state index in [1.807, 2.05) is 4.72 Å². The van der Waals surface area contributed by atoms with Gasteiger partial charge in [0.15, 0.2) is 22.2 Å². The van der Waals surface area contributed by atoms with E-state index in [1.165, 1.54) is 6.07 Å². The number of carbonyl (C=O) groups is 1. The first-order valence-electron chi connectivity index (χ1n) is 11.1. The lowest BCUT2D eigenvalue weighted by Crippen LogP contribution is -2.25. The van der Waals surface area contributed by atoms with Crippen molar-refractivity contribution in [2.75, 3.05) is 25.0 Å². The number of fused-ring (bicyclic) bond motifs is 1. The number of anilines is 1. The minimum atomic E-state index is -4.65. The molecule has 0 aliphatic rings. The number of H-pyrrole nitrogens is 1. The second-order valence-electron chi connectivity index (χ2n) is 7.98. The lowest BCUT2D eigenvalue weighted by molar-refractivity contribution is 0.0947. The molecule has 2 aromatic carbocycles. The van der Waals surface area contributed by atoms with Crippen molar-refractivity contribution in [3.05, 3.63) is 65.2 Å². The molecule has 4 rings (SSSR count). The molecule has 0 bridgehead atoms. The number of nitrogens with zero attached hydrogens (tertiary/aromatic N) is 3. The van der Waals surface area contributed by atoms with Crippen LogP contribution in [0, 0.1) is 28.8 Å². The number of pyridine rings is 1. The summed E-state index contributed by atoms with van der Waals surface area (Å²) < 4.78 is 77.7. The molecule has 0 fully saturated rings. The number of aliphatic hydroxyl groups is 1. The molecule has 2 heterocycles. The maximum absolute atomic E-state index is 15.7. The molecule has 15 heteroatoms. The monoisotopic (exact) mass is 560 g/mol. The number of rotatable bonds is 9. The highest BCUT2D eigenvalue weighted by molar-refractivity contribution is 7.92. The number of amides is 1. The second-order valence-corrected chi connectivity index (χ2v) is 9.63. The molecule has 202 valence electrons. The average molecular weight is 561 g/mol. The van der Waals surface area contributed by atoms with Crippen LogP contribution in [0.3, 0.4) is 0 Å². The second kappa shape index (κ2) is 11.0. The first kappa shape index (κ1) is 27.4. The van der Waals surface area contributed by atoms with Crippen molar-refractivity contribution in [3.8, 4) is 23.1 Å². The Kier molecular flexibility index (Phi) is 7.70. The molecular weight excluding hydrogens is 541 g/mol. The van der Waals surface area contributed by atoms with Gasteiger partial charge in [-0.2, -0.15) is 10.4 Å². The summed E-state index contributed by atoms with van der Waals surface area (Å²) in [5.41, 5.74) is -2.37. The highest BCUT2D eigenvalue weighted by atomic mass is 32.2. The fourth-order valence-corrected chi connectivity index (χ4v) is 4.94. The van der Waals surface area contributed by atoms with Gasteiger partial charge in [-0.3, -0.25) is 14.6 Å². The number of ether oxygens (including phenoxy) is 1. The Labute approximate surface area is 219 Å². The van der Waals surface area contributed by atoms with Gasteiger partial charge in [0.05, 0.1) is 30.6 Å². The van der Waals surface area contributed by atoms with Crippen LogP contribution in [-0.2, 0) is 10.0 Å². The smallest absolute Gasteiger partial charge is 0.272 e. The molecule has 0 aliphatic heterocycles. The molecule has 0 spiro atoms. The van der Waals surface area contributed by atoms with Gasteiger partial charge in [0.25, 0.3) is 15.9 Å². The first-order chi connectivity index (χ1) is 18.6. The van der Waals surface area contributed by atoms with Crippen LogP contribution < -0.4 is 14.8 Å².